The third-order valence-electron chi connectivity index (χ3n) is 8.58. The van der Waals surface area contributed by atoms with E-state index in [2.05, 4.69) is 34.1 Å². The number of halogens is 1. The van der Waals surface area contributed by atoms with Gasteiger partial charge < -0.3 is 9.88 Å². The van der Waals surface area contributed by atoms with E-state index in [9.17, 15) is 18.8 Å². The van der Waals surface area contributed by atoms with Gasteiger partial charge in [0.1, 0.15) is 5.82 Å². The smallest absolute Gasteiger partial charge is 0.305 e. The van der Waals surface area contributed by atoms with Crippen LogP contribution in [-0.2, 0) is 9.59 Å². The number of hydrogen-bond acceptors (Lipinski definition) is 6. The molecule has 3 heterocycles. The Bertz CT molecular complexity index is 1450. The first-order valence-corrected chi connectivity index (χ1v) is 13.8. The number of aromatic nitrogens is 1. The molecule has 1 N–H and O–H groups in total. The summed E-state index contributed by atoms with van der Waals surface area (Å²) in [6.07, 6.45) is 0.845. The Morgan fingerprint density at radius 3 is 2.28 bits per heavy atom. The fraction of sp³-hybridized carbons (Fsp3) is 0.370. The van der Waals surface area contributed by atoms with Gasteiger partial charge in [-0.25, -0.2) is 4.39 Å². The molecule has 6 nitrogen and oxygen atoms in total. The molecule has 3 aromatic rings. The Morgan fingerprint density at radius 1 is 0.944 bits per heavy atom. The van der Waals surface area contributed by atoms with Gasteiger partial charge in [-0.15, -0.1) is 11.8 Å². The fourth-order valence-electron chi connectivity index (χ4n) is 7.21. The monoisotopic (exact) mass is 521 g/mol. The van der Waals surface area contributed by atoms with E-state index in [4.69, 9.17) is 0 Å². The number of carbonyl (C=O) groups is 2. The Balaban J connectivity index is 1.31. The lowest BCUT2D eigenvalue weighted by Crippen LogP contribution is -2.42. The third-order valence-corrected chi connectivity index (χ3v) is 11.2. The molecular weight excluding hydrogens is 497 g/mol. The number of imide groups is 1. The Labute approximate surface area is 215 Å². The summed E-state index contributed by atoms with van der Waals surface area (Å²) in [5.41, 5.74) is 2.68. The molecule has 2 aliphatic carbocycles. The van der Waals surface area contributed by atoms with Gasteiger partial charge in [-0.05, 0) is 66.1 Å². The molecule has 2 aromatic carbocycles. The van der Waals surface area contributed by atoms with Crippen molar-refractivity contribution in [2.75, 3.05) is 23.9 Å². The number of fused-ring (bicyclic) bond motifs is 9. The predicted octanol–water partition coefficient (Wildman–Crippen LogP) is 4.32. The molecule has 1 aromatic heterocycles. The van der Waals surface area contributed by atoms with Crippen LogP contribution in [0.15, 0.2) is 58.4 Å². The maximum absolute atomic E-state index is 13.7. The van der Waals surface area contributed by atoms with E-state index in [1.807, 2.05) is 14.1 Å². The molecule has 3 fully saturated rings. The van der Waals surface area contributed by atoms with E-state index < -0.39 is 5.82 Å². The van der Waals surface area contributed by atoms with Gasteiger partial charge in [0.2, 0.25) is 11.8 Å². The summed E-state index contributed by atoms with van der Waals surface area (Å²) < 4.78 is 13.5. The Morgan fingerprint density at radius 2 is 1.61 bits per heavy atom. The van der Waals surface area contributed by atoms with Crippen LogP contribution in [0, 0.1) is 35.4 Å². The average molecular weight is 522 g/mol. The van der Waals surface area contributed by atoms with Gasteiger partial charge in [0, 0.05) is 35.8 Å². The van der Waals surface area contributed by atoms with E-state index in [0.29, 0.717) is 5.69 Å². The first kappa shape index (κ1) is 22.3. The lowest BCUT2D eigenvalue weighted by Gasteiger charge is -2.43. The Hall–Kier alpha value is -2.91. The van der Waals surface area contributed by atoms with Gasteiger partial charge in [-0.3, -0.25) is 19.3 Å². The molecule has 0 unspecified atom stereocenters. The van der Waals surface area contributed by atoms with Crippen molar-refractivity contribution < 1.29 is 14.0 Å². The standard InChI is InChI=1S/C27H24FN3O3S2/c1-30(2)14-7-3-12(4-8-14)18-19-16-11-17(22(19)35-24-23(18)36-27(34)29-24)21-20(16)25(32)31(26(21)33)15-9-5-13(28)6-10-15/h3-10,16-22H,11H2,1-2H3,(H,29,34)/t16-,17+,18+,19+,20+,21+,22-/m1/s1. The molecule has 0 radical (unpaired) electrons. The van der Waals surface area contributed by atoms with Crippen LogP contribution in [0.5, 0.6) is 0 Å². The first-order valence-electron chi connectivity index (χ1n) is 12.1. The lowest BCUT2D eigenvalue weighted by molar-refractivity contribution is -0.123. The van der Waals surface area contributed by atoms with Crippen molar-refractivity contribution in [1.82, 2.24) is 4.98 Å². The van der Waals surface area contributed by atoms with Crippen LogP contribution >= 0.6 is 23.1 Å². The number of benzene rings is 2. The molecular formula is C27H24FN3O3S2. The molecule has 9 heteroatoms. The summed E-state index contributed by atoms with van der Waals surface area (Å²) in [7, 11) is 4.01. The fourth-order valence-corrected chi connectivity index (χ4v) is 10.1. The van der Waals surface area contributed by atoms with Crippen molar-refractivity contribution in [3.63, 3.8) is 0 Å². The van der Waals surface area contributed by atoms with Crippen molar-refractivity contribution in [1.29, 1.82) is 0 Å². The van der Waals surface area contributed by atoms with Gasteiger partial charge in [0.05, 0.1) is 22.5 Å². The average Bonchev–Trinajstić information content (AvgIpc) is 3.59. The molecule has 36 heavy (non-hydrogen) atoms. The molecule has 2 bridgehead atoms. The number of nitrogens with one attached hydrogen (secondary N) is 1. The maximum Gasteiger partial charge on any atom is 0.305 e. The zero-order valence-electron chi connectivity index (χ0n) is 19.7. The highest BCUT2D eigenvalue weighted by Crippen LogP contribution is 2.68. The summed E-state index contributed by atoms with van der Waals surface area (Å²) in [4.78, 5) is 47.1. The highest BCUT2D eigenvalue weighted by Gasteiger charge is 2.69. The zero-order valence-corrected chi connectivity index (χ0v) is 21.3. The second-order valence-corrected chi connectivity index (χ2v) is 12.6. The van der Waals surface area contributed by atoms with Crippen LogP contribution in [-0.4, -0.2) is 36.1 Å². The minimum Gasteiger partial charge on any atom is -0.378 e. The molecule has 2 saturated carbocycles. The summed E-state index contributed by atoms with van der Waals surface area (Å²) in [6.45, 7) is 0. The number of hydrogen-bond donors (Lipinski definition) is 1. The normalized spacial score (nSPS) is 32.0. The number of thiazole rings is 1. The molecule has 184 valence electrons. The molecule has 7 rings (SSSR count). The Kier molecular flexibility index (Phi) is 4.83. The van der Waals surface area contributed by atoms with Crippen LogP contribution in [0.4, 0.5) is 15.8 Å². The van der Waals surface area contributed by atoms with E-state index in [0.717, 1.165) is 27.6 Å². The molecule has 4 aliphatic rings. The van der Waals surface area contributed by atoms with Crippen LogP contribution in [0.25, 0.3) is 0 Å². The van der Waals surface area contributed by atoms with Crippen molar-refractivity contribution in [3.8, 4) is 0 Å². The molecule has 1 saturated heterocycles. The summed E-state index contributed by atoms with van der Waals surface area (Å²) in [6, 6.07) is 14.1. The van der Waals surface area contributed by atoms with Crippen LogP contribution in [0.1, 0.15) is 22.8 Å². The minimum absolute atomic E-state index is 0.00476. The zero-order chi connectivity index (χ0) is 24.9. The number of thioether (sulfide) groups is 1. The van der Waals surface area contributed by atoms with Crippen molar-refractivity contribution >= 4 is 46.3 Å². The van der Waals surface area contributed by atoms with Gasteiger partial charge >= 0.3 is 4.87 Å². The second kappa shape index (κ2) is 7.79. The number of nitrogens with zero attached hydrogens (tertiary/aromatic N) is 2. The van der Waals surface area contributed by atoms with Crippen molar-refractivity contribution in [3.05, 3.63) is 74.5 Å². The molecule has 0 spiro atoms. The largest absolute Gasteiger partial charge is 0.378 e. The van der Waals surface area contributed by atoms with E-state index in [1.165, 1.54) is 40.5 Å². The first-order chi connectivity index (χ1) is 17.3. The van der Waals surface area contributed by atoms with E-state index >= 15 is 0 Å². The summed E-state index contributed by atoms with van der Waals surface area (Å²) in [5.74, 6) is -1.16. The van der Waals surface area contributed by atoms with Crippen LogP contribution in [0.2, 0.25) is 0 Å². The number of H-pyrrole nitrogens is 1. The quantitative estimate of drug-likeness (QED) is 0.520. The number of aromatic amines is 1. The maximum atomic E-state index is 13.7. The topological polar surface area (TPSA) is 73.5 Å². The predicted molar refractivity (Wildman–Crippen MR) is 138 cm³/mol. The number of carbonyl (C=O) groups excluding carboxylic acids is 2. The van der Waals surface area contributed by atoms with E-state index in [1.54, 1.807) is 11.8 Å². The van der Waals surface area contributed by atoms with Crippen LogP contribution < -0.4 is 14.7 Å². The lowest BCUT2D eigenvalue weighted by atomic mass is 9.68. The van der Waals surface area contributed by atoms with Crippen molar-refractivity contribution in [2.24, 2.45) is 29.6 Å². The third kappa shape index (κ3) is 2.99. The molecule has 2 aliphatic heterocycles. The van der Waals surface area contributed by atoms with Crippen molar-refractivity contribution in [2.45, 2.75) is 22.6 Å². The van der Waals surface area contributed by atoms with E-state index in [-0.39, 0.29) is 57.4 Å². The molecule has 7 atom stereocenters. The second-order valence-electron chi connectivity index (χ2n) is 10.4. The van der Waals surface area contributed by atoms with Gasteiger partial charge in [-0.1, -0.05) is 23.5 Å². The van der Waals surface area contributed by atoms with Gasteiger partial charge in [-0.2, -0.15) is 0 Å². The minimum atomic E-state index is -0.399. The summed E-state index contributed by atoms with van der Waals surface area (Å²) in [5, 5.41) is 1.06. The van der Waals surface area contributed by atoms with Crippen LogP contribution in [0.3, 0.4) is 0 Å². The summed E-state index contributed by atoms with van der Waals surface area (Å²) >= 11 is 2.95. The number of anilines is 2. The highest BCUT2D eigenvalue weighted by molar-refractivity contribution is 8.00. The van der Waals surface area contributed by atoms with Gasteiger partial charge in [0.15, 0.2) is 0 Å². The number of rotatable bonds is 3. The highest BCUT2D eigenvalue weighted by atomic mass is 32.2. The SMILES string of the molecule is CN(C)c1ccc([C@@H]2c3sc(=O)[nH]c3S[C@@H]3[C@H]4C[C@@H]([C@@H]5C(=O)N(c6ccc(F)cc6)C(=O)[C@@H]45)[C@@H]23)cc1. The number of amides is 2. The molecule has 2 amide bonds. The van der Waals surface area contributed by atoms with Gasteiger partial charge in [0.25, 0.3) is 0 Å².